The Balaban J connectivity index is 1.81. The van der Waals surface area contributed by atoms with Crippen LogP contribution in [0.25, 0.3) is 0 Å². The molecule has 0 aliphatic carbocycles. The summed E-state index contributed by atoms with van der Waals surface area (Å²) in [5.41, 5.74) is 0. The number of carbonyl (C=O) groups excluding carboxylic acids is 2. The zero-order valence-electron chi connectivity index (χ0n) is 13.2. The molecule has 120 valence electrons. The first-order chi connectivity index (χ1) is 9.94. The fourth-order valence-corrected chi connectivity index (χ4v) is 3.81. The lowest BCUT2D eigenvalue weighted by Crippen LogP contribution is -2.58. The fourth-order valence-electron chi connectivity index (χ4n) is 2.81. The second-order valence-corrected chi connectivity index (χ2v) is 8.04. The molecule has 0 unspecified atom stereocenters. The molecule has 0 aromatic rings. The lowest BCUT2D eigenvalue weighted by Gasteiger charge is -2.38. The molecule has 2 aliphatic rings. The molecule has 5 nitrogen and oxygen atoms in total. The van der Waals surface area contributed by atoms with Crippen LogP contribution in [0.3, 0.4) is 0 Å². The molecule has 2 heterocycles. The summed E-state index contributed by atoms with van der Waals surface area (Å²) in [4.78, 5) is 26.4. The van der Waals surface area contributed by atoms with Crippen molar-refractivity contribution in [1.82, 2.24) is 10.2 Å². The van der Waals surface area contributed by atoms with E-state index >= 15 is 0 Å². The highest BCUT2D eigenvalue weighted by Gasteiger charge is 2.39. The number of hydrogen-bond acceptors (Lipinski definition) is 4. The van der Waals surface area contributed by atoms with Gasteiger partial charge in [-0.05, 0) is 39.0 Å². The largest absolute Gasteiger partial charge is 0.385 e. The summed E-state index contributed by atoms with van der Waals surface area (Å²) in [6.07, 6.45) is 3.14. The molecule has 1 N–H and O–H groups in total. The summed E-state index contributed by atoms with van der Waals surface area (Å²) in [5.74, 6) is 1.37. The highest BCUT2D eigenvalue weighted by molar-refractivity contribution is 8.01. The Hall–Kier alpha value is -0.750. The molecule has 2 fully saturated rings. The number of rotatable bonds is 4. The first-order valence-corrected chi connectivity index (χ1v) is 8.65. The molecular formula is C15H26N2O3S. The van der Waals surface area contributed by atoms with Crippen LogP contribution in [0.5, 0.6) is 0 Å². The van der Waals surface area contributed by atoms with Gasteiger partial charge in [0.2, 0.25) is 11.8 Å². The number of likely N-dealkylation sites (tertiary alicyclic amines) is 1. The van der Waals surface area contributed by atoms with E-state index in [1.165, 1.54) is 0 Å². The van der Waals surface area contributed by atoms with Crippen molar-refractivity contribution in [3.05, 3.63) is 0 Å². The summed E-state index contributed by atoms with van der Waals surface area (Å²) >= 11 is 1.56. The Morgan fingerprint density at radius 2 is 2.10 bits per heavy atom. The summed E-state index contributed by atoms with van der Waals surface area (Å²) in [5, 5.41) is 2.88. The van der Waals surface area contributed by atoms with Crippen molar-refractivity contribution in [2.75, 3.05) is 32.6 Å². The molecule has 1 atom stereocenters. The van der Waals surface area contributed by atoms with Crippen LogP contribution in [0.1, 0.15) is 33.1 Å². The van der Waals surface area contributed by atoms with Crippen molar-refractivity contribution in [2.45, 2.75) is 43.9 Å². The van der Waals surface area contributed by atoms with Gasteiger partial charge in [-0.3, -0.25) is 9.59 Å². The van der Waals surface area contributed by atoms with E-state index in [1.54, 1.807) is 18.9 Å². The van der Waals surface area contributed by atoms with Crippen molar-refractivity contribution in [3.63, 3.8) is 0 Å². The van der Waals surface area contributed by atoms with E-state index in [0.717, 1.165) is 39.0 Å². The third kappa shape index (κ3) is 4.13. The number of carbonyl (C=O) groups is 2. The van der Waals surface area contributed by atoms with E-state index < -0.39 is 4.75 Å². The number of hydrogen-bond donors (Lipinski definition) is 1. The van der Waals surface area contributed by atoms with Crippen molar-refractivity contribution < 1.29 is 14.3 Å². The Morgan fingerprint density at radius 1 is 1.43 bits per heavy atom. The molecule has 2 aliphatic heterocycles. The highest BCUT2D eigenvalue weighted by atomic mass is 32.2. The van der Waals surface area contributed by atoms with Crippen LogP contribution >= 0.6 is 11.8 Å². The van der Waals surface area contributed by atoms with Gasteiger partial charge in [0.05, 0.1) is 4.75 Å². The minimum Gasteiger partial charge on any atom is -0.385 e. The number of nitrogens with one attached hydrogen (secondary N) is 1. The Bertz CT molecular complexity index is 392. The van der Waals surface area contributed by atoms with Gasteiger partial charge in [0.25, 0.3) is 0 Å². The average Bonchev–Trinajstić information content (AvgIpc) is 2.48. The van der Waals surface area contributed by atoms with Gasteiger partial charge in [0.1, 0.15) is 6.04 Å². The van der Waals surface area contributed by atoms with E-state index in [9.17, 15) is 9.59 Å². The molecule has 6 heteroatoms. The monoisotopic (exact) mass is 314 g/mol. The topological polar surface area (TPSA) is 58.6 Å². The van der Waals surface area contributed by atoms with E-state index in [4.69, 9.17) is 4.74 Å². The molecule has 0 bridgehead atoms. The summed E-state index contributed by atoms with van der Waals surface area (Å²) < 4.78 is 4.69. The van der Waals surface area contributed by atoms with Gasteiger partial charge in [-0.1, -0.05) is 0 Å². The molecule has 2 amide bonds. The lowest BCUT2D eigenvalue weighted by atomic mass is 9.93. The van der Waals surface area contributed by atoms with Gasteiger partial charge < -0.3 is 15.0 Å². The molecular weight excluding hydrogens is 288 g/mol. The second kappa shape index (κ2) is 7.01. The molecule has 0 aromatic heterocycles. The van der Waals surface area contributed by atoms with E-state index in [-0.39, 0.29) is 17.9 Å². The van der Waals surface area contributed by atoms with Crippen molar-refractivity contribution in [3.8, 4) is 0 Å². The van der Waals surface area contributed by atoms with Crippen LogP contribution in [0.15, 0.2) is 0 Å². The first kappa shape index (κ1) is 16.6. The van der Waals surface area contributed by atoms with Gasteiger partial charge in [-0.2, -0.15) is 0 Å². The van der Waals surface area contributed by atoms with Gasteiger partial charge in [-0.25, -0.2) is 0 Å². The molecule has 0 radical (unpaired) electrons. The quantitative estimate of drug-likeness (QED) is 0.849. The van der Waals surface area contributed by atoms with Crippen LogP contribution in [-0.4, -0.2) is 60.1 Å². The summed E-state index contributed by atoms with van der Waals surface area (Å²) in [6, 6.07) is -0.356. The summed E-state index contributed by atoms with van der Waals surface area (Å²) in [6.45, 7) is 6.19. The second-order valence-electron chi connectivity index (χ2n) is 6.40. The Labute approximate surface area is 131 Å². The number of piperidine rings is 1. The Morgan fingerprint density at radius 3 is 2.67 bits per heavy atom. The van der Waals surface area contributed by atoms with Crippen LogP contribution < -0.4 is 5.32 Å². The minimum atomic E-state index is -0.427. The van der Waals surface area contributed by atoms with Gasteiger partial charge in [0, 0.05) is 32.6 Å². The van der Waals surface area contributed by atoms with Crippen molar-refractivity contribution >= 4 is 23.6 Å². The minimum absolute atomic E-state index is 0.0351. The number of ether oxygens (including phenoxy) is 1. The molecule has 0 spiro atoms. The van der Waals surface area contributed by atoms with E-state index in [2.05, 4.69) is 5.32 Å². The van der Waals surface area contributed by atoms with E-state index in [0.29, 0.717) is 11.7 Å². The maximum absolute atomic E-state index is 12.5. The smallest absolute Gasteiger partial charge is 0.246 e. The van der Waals surface area contributed by atoms with Gasteiger partial charge in [-0.15, -0.1) is 11.8 Å². The maximum Gasteiger partial charge on any atom is 0.246 e. The molecule has 21 heavy (non-hydrogen) atoms. The average molecular weight is 314 g/mol. The van der Waals surface area contributed by atoms with Gasteiger partial charge >= 0.3 is 0 Å². The standard InChI is InChI=1S/C15H26N2O3S/c1-15(2)14(19)16-12(10-21-15)13(18)17-7-4-11(5-8-17)6-9-20-3/h11-12H,4-10H2,1-3H3,(H,16,19)/t12-/m1/s1. The van der Waals surface area contributed by atoms with Crippen LogP contribution in [0.4, 0.5) is 0 Å². The molecule has 2 saturated heterocycles. The number of nitrogens with zero attached hydrogens (tertiary/aromatic N) is 1. The zero-order valence-corrected chi connectivity index (χ0v) is 14.0. The highest BCUT2D eigenvalue weighted by Crippen LogP contribution is 2.30. The first-order valence-electron chi connectivity index (χ1n) is 7.66. The molecule has 0 aromatic carbocycles. The lowest BCUT2D eigenvalue weighted by molar-refractivity contribution is -0.137. The SMILES string of the molecule is COCCC1CCN(C(=O)[C@H]2CSC(C)(C)C(=O)N2)CC1. The Kier molecular flexibility index (Phi) is 5.54. The predicted octanol–water partition coefficient (Wildman–Crippen LogP) is 1.27. The fraction of sp³-hybridized carbons (Fsp3) is 0.867. The number of amides is 2. The maximum atomic E-state index is 12.5. The third-order valence-electron chi connectivity index (χ3n) is 4.42. The van der Waals surface area contributed by atoms with Gasteiger partial charge in [0.15, 0.2) is 0 Å². The molecule has 0 saturated carbocycles. The third-order valence-corrected chi connectivity index (χ3v) is 5.82. The van der Waals surface area contributed by atoms with Crippen molar-refractivity contribution in [2.24, 2.45) is 5.92 Å². The molecule has 2 rings (SSSR count). The van der Waals surface area contributed by atoms with Crippen molar-refractivity contribution in [1.29, 1.82) is 0 Å². The van der Waals surface area contributed by atoms with E-state index in [1.807, 2.05) is 18.7 Å². The predicted molar refractivity (Wildman–Crippen MR) is 84.3 cm³/mol. The zero-order chi connectivity index (χ0) is 15.5. The summed E-state index contributed by atoms with van der Waals surface area (Å²) in [7, 11) is 1.73. The van der Waals surface area contributed by atoms with Crippen LogP contribution in [-0.2, 0) is 14.3 Å². The number of methoxy groups -OCH3 is 1. The van der Waals surface area contributed by atoms with Crippen LogP contribution in [0.2, 0.25) is 0 Å². The normalized spacial score (nSPS) is 26.5. The number of thioether (sulfide) groups is 1. The van der Waals surface area contributed by atoms with Crippen LogP contribution in [0, 0.1) is 5.92 Å².